The van der Waals surface area contributed by atoms with Crippen LogP contribution in [0.2, 0.25) is 5.02 Å². The summed E-state index contributed by atoms with van der Waals surface area (Å²) in [5.41, 5.74) is 0.923. The minimum Gasteiger partial charge on any atom is -0.436 e. The normalized spacial score (nSPS) is 10.3. The van der Waals surface area contributed by atoms with Crippen molar-refractivity contribution in [3.63, 3.8) is 0 Å². The molecule has 0 unspecified atom stereocenters. The van der Waals surface area contributed by atoms with E-state index in [0.717, 1.165) is 18.7 Å². The minimum absolute atomic E-state index is 0.320. The molecule has 0 bridgehead atoms. The molecule has 0 aliphatic heterocycles. The molecule has 2 heterocycles. The zero-order valence-electron chi connectivity index (χ0n) is 10.9. The maximum absolute atomic E-state index is 6.01. The molecule has 0 aliphatic carbocycles. The number of anilines is 1. The van der Waals surface area contributed by atoms with Gasteiger partial charge in [-0.2, -0.15) is 4.98 Å². The molecule has 0 fully saturated rings. The Kier molecular flexibility index (Phi) is 4.52. The van der Waals surface area contributed by atoms with Gasteiger partial charge in [0.05, 0.1) is 12.4 Å². The van der Waals surface area contributed by atoms with E-state index in [1.807, 2.05) is 19.1 Å². The van der Waals surface area contributed by atoms with Crippen molar-refractivity contribution in [1.82, 2.24) is 15.0 Å². The Labute approximate surface area is 117 Å². The Morgan fingerprint density at radius 2 is 2.11 bits per heavy atom. The van der Waals surface area contributed by atoms with Crippen LogP contribution in [0, 0.1) is 6.92 Å². The van der Waals surface area contributed by atoms with E-state index in [4.69, 9.17) is 16.3 Å². The Morgan fingerprint density at radius 3 is 2.79 bits per heavy atom. The van der Waals surface area contributed by atoms with Gasteiger partial charge in [-0.25, -0.2) is 4.98 Å². The summed E-state index contributed by atoms with van der Waals surface area (Å²) >= 11 is 6.01. The molecule has 100 valence electrons. The lowest BCUT2D eigenvalue weighted by Gasteiger charge is -2.08. The number of pyridine rings is 1. The third-order valence-corrected chi connectivity index (χ3v) is 2.60. The van der Waals surface area contributed by atoms with E-state index >= 15 is 0 Å². The lowest BCUT2D eigenvalue weighted by molar-refractivity contribution is 0.460. The van der Waals surface area contributed by atoms with Crippen LogP contribution in [-0.2, 0) is 0 Å². The van der Waals surface area contributed by atoms with Gasteiger partial charge in [0, 0.05) is 12.2 Å². The molecule has 0 aromatic carbocycles. The number of nitrogens with zero attached hydrogens (tertiary/aromatic N) is 3. The highest BCUT2D eigenvalue weighted by atomic mass is 35.5. The zero-order valence-corrected chi connectivity index (χ0v) is 11.6. The quantitative estimate of drug-likeness (QED) is 0.908. The number of rotatable bonds is 5. The lowest BCUT2D eigenvalue weighted by atomic mass is 10.4. The van der Waals surface area contributed by atoms with Crippen molar-refractivity contribution >= 4 is 17.5 Å². The van der Waals surface area contributed by atoms with E-state index < -0.39 is 0 Å². The summed E-state index contributed by atoms with van der Waals surface area (Å²) in [6.07, 6.45) is 4.14. The molecular formula is C13H15ClN4O. The van der Waals surface area contributed by atoms with Gasteiger partial charge in [0.1, 0.15) is 10.8 Å². The smallest absolute Gasteiger partial charge is 0.243 e. The van der Waals surface area contributed by atoms with Crippen molar-refractivity contribution in [2.45, 2.75) is 20.3 Å². The largest absolute Gasteiger partial charge is 0.436 e. The summed E-state index contributed by atoms with van der Waals surface area (Å²) in [7, 11) is 0. The minimum atomic E-state index is 0.320. The van der Waals surface area contributed by atoms with Crippen LogP contribution in [0.15, 0.2) is 24.5 Å². The average molecular weight is 279 g/mol. The second-order valence-electron chi connectivity index (χ2n) is 4.01. The molecular weight excluding hydrogens is 264 g/mol. The van der Waals surface area contributed by atoms with Crippen LogP contribution in [0.3, 0.4) is 0 Å². The third kappa shape index (κ3) is 3.79. The van der Waals surface area contributed by atoms with Gasteiger partial charge < -0.3 is 10.1 Å². The van der Waals surface area contributed by atoms with Crippen LogP contribution in [-0.4, -0.2) is 21.5 Å². The summed E-state index contributed by atoms with van der Waals surface area (Å²) in [6.45, 7) is 4.78. The predicted molar refractivity (Wildman–Crippen MR) is 74.9 cm³/mol. The molecule has 2 rings (SSSR count). The van der Waals surface area contributed by atoms with E-state index in [1.54, 1.807) is 6.20 Å². The first-order valence-electron chi connectivity index (χ1n) is 6.06. The zero-order chi connectivity index (χ0) is 13.7. The summed E-state index contributed by atoms with van der Waals surface area (Å²) in [6, 6.07) is 3.68. The maximum atomic E-state index is 6.01. The van der Waals surface area contributed by atoms with Crippen LogP contribution in [0.25, 0.3) is 0 Å². The first kappa shape index (κ1) is 13.5. The summed E-state index contributed by atoms with van der Waals surface area (Å²) in [4.78, 5) is 12.5. The van der Waals surface area contributed by atoms with Gasteiger partial charge >= 0.3 is 0 Å². The first-order chi connectivity index (χ1) is 9.19. The Balaban J connectivity index is 2.16. The number of aryl methyl sites for hydroxylation is 1. The van der Waals surface area contributed by atoms with Gasteiger partial charge in [-0.1, -0.05) is 18.5 Å². The Morgan fingerprint density at radius 1 is 1.26 bits per heavy atom. The van der Waals surface area contributed by atoms with Crippen molar-refractivity contribution < 1.29 is 4.74 Å². The van der Waals surface area contributed by atoms with Crippen molar-refractivity contribution in [3.05, 3.63) is 35.2 Å². The first-order valence-corrected chi connectivity index (χ1v) is 6.43. The molecule has 1 N–H and O–H groups in total. The molecule has 0 amide bonds. The van der Waals surface area contributed by atoms with E-state index in [9.17, 15) is 0 Å². The number of ether oxygens (including phenoxy) is 1. The van der Waals surface area contributed by atoms with Crippen LogP contribution in [0.1, 0.15) is 19.0 Å². The summed E-state index contributed by atoms with van der Waals surface area (Å²) in [5.74, 6) is 1.41. The van der Waals surface area contributed by atoms with Crippen LogP contribution >= 0.6 is 11.6 Å². The highest BCUT2D eigenvalue weighted by molar-refractivity contribution is 6.31. The number of nitrogens with one attached hydrogen (secondary N) is 1. The fourth-order valence-electron chi connectivity index (χ4n) is 1.37. The molecule has 5 nitrogen and oxygen atoms in total. The van der Waals surface area contributed by atoms with E-state index in [0.29, 0.717) is 22.6 Å². The van der Waals surface area contributed by atoms with Gasteiger partial charge in [-0.05, 0) is 25.5 Å². The van der Waals surface area contributed by atoms with Crippen molar-refractivity contribution in [3.8, 4) is 11.6 Å². The van der Waals surface area contributed by atoms with Gasteiger partial charge in [0.25, 0.3) is 0 Å². The number of halogens is 1. The number of hydrogen-bond acceptors (Lipinski definition) is 5. The molecule has 2 aromatic rings. The molecule has 0 atom stereocenters. The van der Waals surface area contributed by atoms with E-state index in [2.05, 4.69) is 27.2 Å². The van der Waals surface area contributed by atoms with Crippen LogP contribution in [0.5, 0.6) is 11.6 Å². The van der Waals surface area contributed by atoms with Gasteiger partial charge in [-0.15, -0.1) is 0 Å². The molecule has 2 aromatic heterocycles. The van der Waals surface area contributed by atoms with Crippen molar-refractivity contribution in [1.29, 1.82) is 0 Å². The van der Waals surface area contributed by atoms with Crippen molar-refractivity contribution in [2.24, 2.45) is 0 Å². The predicted octanol–water partition coefficient (Wildman–Crippen LogP) is 3.45. The second kappa shape index (κ2) is 6.33. The molecule has 0 saturated heterocycles. The Hall–Kier alpha value is -1.88. The van der Waals surface area contributed by atoms with Gasteiger partial charge in [0.2, 0.25) is 11.8 Å². The second-order valence-corrected chi connectivity index (χ2v) is 4.42. The topological polar surface area (TPSA) is 59.9 Å². The molecule has 6 heteroatoms. The van der Waals surface area contributed by atoms with Crippen LogP contribution in [0.4, 0.5) is 5.95 Å². The maximum Gasteiger partial charge on any atom is 0.243 e. The van der Waals surface area contributed by atoms with Gasteiger partial charge in [0.15, 0.2) is 0 Å². The number of aromatic nitrogens is 3. The molecule has 19 heavy (non-hydrogen) atoms. The standard InChI is InChI=1S/C13H15ClN4O/c1-3-6-15-13-17-8-11(14)12(18-13)19-10-5-4-9(2)16-7-10/h4-5,7-8H,3,6H2,1-2H3,(H,15,17,18). The highest BCUT2D eigenvalue weighted by Crippen LogP contribution is 2.27. The summed E-state index contributed by atoms with van der Waals surface area (Å²) < 4.78 is 5.60. The molecule has 0 aliphatic rings. The average Bonchev–Trinajstić information content (AvgIpc) is 2.42. The highest BCUT2D eigenvalue weighted by Gasteiger charge is 2.08. The van der Waals surface area contributed by atoms with E-state index in [1.165, 1.54) is 6.20 Å². The van der Waals surface area contributed by atoms with Crippen molar-refractivity contribution in [2.75, 3.05) is 11.9 Å². The third-order valence-electron chi connectivity index (χ3n) is 2.34. The van der Waals surface area contributed by atoms with E-state index in [-0.39, 0.29) is 0 Å². The van der Waals surface area contributed by atoms with Crippen LogP contribution < -0.4 is 10.1 Å². The fourth-order valence-corrected chi connectivity index (χ4v) is 1.50. The lowest BCUT2D eigenvalue weighted by Crippen LogP contribution is -2.04. The monoisotopic (exact) mass is 278 g/mol. The van der Waals surface area contributed by atoms with Gasteiger partial charge in [-0.3, -0.25) is 4.98 Å². The summed E-state index contributed by atoms with van der Waals surface area (Å²) in [5, 5.41) is 3.44. The molecule has 0 spiro atoms. The molecule has 0 saturated carbocycles. The molecule has 0 radical (unpaired) electrons. The number of hydrogen-bond donors (Lipinski definition) is 1. The fraction of sp³-hybridized carbons (Fsp3) is 0.308. The SMILES string of the molecule is CCCNc1ncc(Cl)c(Oc2ccc(C)nc2)n1. The Bertz CT molecular complexity index is 545.